The summed E-state index contributed by atoms with van der Waals surface area (Å²) in [7, 11) is 0. The molecule has 0 aliphatic carbocycles. The van der Waals surface area contributed by atoms with E-state index in [1.165, 1.54) is 12.1 Å². The molecule has 4 rings (SSSR count). The van der Waals surface area contributed by atoms with Crippen molar-refractivity contribution in [2.75, 3.05) is 0 Å². The highest BCUT2D eigenvalue weighted by atomic mass is 35.5. The van der Waals surface area contributed by atoms with E-state index in [4.69, 9.17) is 26.7 Å². The largest absolute Gasteiger partial charge is 0.481 e. The summed E-state index contributed by atoms with van der Waals surface area (Å²) < 4.78 is 13.2. The van der Waals surface area contributed by atoms with Crippen molar-refractivity contribution in [3.63, 3.8) is 0 Å². The van der Waals surface area contributed by atoms with E-state index in [1.807, 2.05) is 12.1 Å². The average Bonchev–Trinajstić information content (AvgIpc) is 2.86. The van der Waals surface area contributed by atoms with Crippen LogP contribution in [0.4, 0.5) is 4.39 Å². The molecule has 0 saturated heterocycles. The lowest BCUT2D eigenvalue weighted by Crippen LogP contribution is -2.27. The average molecular weight is 507 g/mol. The van der Waals surface area contributed by atoms with Gasteiger partial charge in [0.1, 0.15) is 5.82 Å². The van der Waals surface area contributed by atoms with Crippen LogP contribution in [0.1, 0.15) is 54.0 Å². The SMILES string of the molecule is C[C@@H](NC(=O)c1ccc2nc(-c3ccc(Cl)cc3)c(CCCCC(=O)O)nc2c1)c1ccc(F)cn1. The predicted molar refractivity (Wildman–Crippen MR) is 135 cm³/mol. The maximum atomic E-state index is 13.2. The van der Waals surface area contributed by atoms with Crippen molar-refractivity contribution in [3.05, 3.63) is 88.6 Å². The Labute approximate surface area is 212 Å². The summed E-state index contributed by atoms with van der Waals surface area (Å²) in [5.41, 5.74) is 4.40. The third-order valence-electron chi connectivity index (χ3n) is 5.71. The Balaban J connectivity index is 1.62. The van der Waals surface area contributed by atoms with Crippen LogP contribution in [0.2, 0.25) is 5.02 Å². The van der Waals surface area contributed by atoms with Gasteiger partial charge in [-0.15, -0.1) is 0 Å². The van der Waals surface area contributed by atoms with E-state index in [0.717, 1.165) is 17.5 Å². The Morgan fingerprint density at radius 2 is 1.81 bits per heavy atom. The van der Waals surface area contributed by atoms with Crippen molar-refractivity contribution in [3.8, 4) is 11.3 Å². The number of unbranched alkanes of at least 4 members (excludes halogenated alkanes) is 1. The van der Waals surface area contributed by atoms with E-state index in [-0.39, 0.29) is 12.3 Å². The van der Waals surface area contributed by atoms with Gasteiger partial charge in [0.05, 0.1) is 40.4 Å². The first-order chi connectivity index (χ1) is 17.3. The molecule has 2 aromatic carbocycles. The van der Waals surface area contributed by atoms with Crippen molar-refractivity contribution >= 4 is 34.5 Å². The number of nitrogens with zero attached hydrogens (tertiary/aromatic N) is 3. The summed E-state index contributed by atoms with van der Waals surface area (Å²) in [4.78, 5) is 37.4. The van der Waals surface area contributed by atoms with Gasteiger partial charge in [-0.05, 0) is 68.7 Å². The Morgan fingerprint density at radius 1 is 1.03 bits per heavy atom. The monoisotopic (exact) mass is 506 g/mol. The van der Waals surface area contributed by atoms with Crippen LogP contribution in [0.5, 0.6) is 0 Å². The maximum absolute atomic E-state index is 13.2. The van der Waals surface area contributed by atoms with Crippen LogP contribution in [0.3, 0.4) is 0 Å². The van der Waals surface area contributed by atoms with Gasteiger partial charge in [-0.3, -0.25) is 14.6 Å². The standard InChI is InChI=1S/C27H24ClFN4O3/c1-16(21-13-11-20(29)15-30-21)31-27(36)18-8-12-22-24(14-18)32-23(4-2-3-5-25(34)35)26(33-22)17-6-9-19(28)10-7-17/h6-16H,2-5H2,1H3,(H,31,36)(H,34,35)/t16-/m1/s1. The quantitative estimate of drug-likeness (QED) is 0.279. The number of aliphatic carboxylic acids is 1. The van der Waals surface area contributed by atoms with Gasteiger partial charge in [0.2, 0.25) is 0 Å². The molecule has 36 heavy (non-hydrogen) atoms. The van der Waals surface area contributed by atoms with Gasteiger partial charge in [-0.2, -0.15) is 0 Å². The van der Waals surface area contributed by atoms with Gasteiger partial charge in [0, 0.05) is 22.6 Å². The predicted octanol–water partition coefficient (Wildman–Crippen LogP) is 5.77. The number of fused-ring (bicyclic) bond motifs is 1. The summed E-state index contributed by atoms with van der Waals surface area (Å²) in [5, 5.41) is 12.4. The highest BCUT2D eigenvalue weighted by molar-refractivity contribution is 6.30. The van der Waals surface area contributed by atoms with Crippen molar-refractivity contribution < 1.29 is 19.1 Å². The van der Waals surface area contributed by atoms with E-state index >= 15 is 0 Å². The minimum absolute atomic E-state index is 0.0860. The molecule has 2 aromatic heterocycles. The van der Waals surface area contributed by atoms with E-state index < -0.39 is 17.8 Å². The van der Waals surface area contributed by atoms with Crippen molar-refractivity contribution in [1.82, 2.24) is 20.3 Å². The molecule has 0 unspecified atom stereocenters. The molecule has 0 spiro atoms. The molecule has 4 aromatic rings. The first-order valence-corrected chi connectivity index (χ1v) is 11.9. The molecule has 0 aliphatic heterocycles. The summed E-state index contributed by atoms with van der Waals surface area (Å²) in [5.74, 6) is -1.59. The second-order valence-electron chi connectivity index (χ2n) is 8.43. The van der Waals surface area contributed by atoms with E-state index in [9.17, 15) is 14.0 Å². The van der Waals surface area contributed by atoms with Gasteiger partial charge in [-0.1, -0.05) is 23.7 Å². The Kier molecular flexibility index (Phi) is 7.85. The number of hydrogen-bond acceptors (Lipinski definition) is 5. The number of carbonyl (C=O) groups excluding carboxylic acids is 1. The molecule has 0 saturated carbocycles. The third kappa shape index (κ3) is 6.20. The number of amides is 1. The molecular formula is C27H24ClFN4O3. The van der Waals surface area contributed by atoms with Crippen LogP contribution >= 0.6 is 11.6 Å². The van der Waals surface area contributed by atoms with Crippen molar-refractivity contribution in [2.24, 2.45) is 0 Å². The summed E-state index contributed by atoms with van der Waals surface area (Å²) in [6, 6.07) is 14.8. The molecule has 0 radical (unpaired) electrons. The molecule has 1 amide bonds. The Bertz CT molecular complexity index is 1400. The van der Waals surface area contributed by atoms with Crippen LogP contribution in [0.15, 0.2) is 60.8 Å². The molecule has 0 fully saturated rings. The number of aromatic nitrogens is 3. The van der Waals surface area contributed by atoms with Crippen LogP contribution in [0, 0.1) is 5.82 Å². The zero-order chi connectivity index (χ0) is 25.7. The highest BCUT2D eigenvalue weighted by Gasteiger charge is 2.16. The minimum atomic E-state index is -0.835. The third-order valence-corrected chi connectivity index (χ3v) is 5.96. The van der Waals surface area contributed by atoms with Gasteiger partial charge >= 0.3 is 5.97 Å². The van der Waals surface area contributed by atoms with Crippen LogP contribution in [-0.4, -0.2) is 31.9 Å². The number of carboxylic acid groups (broad SMARTS) is 1. The smallest absolute Gasteiger partial charge is 0.303 e. The molecule has 184 valence electrons. The minimum Gasteiger partial charge on any atom is -0.481 e. The molecule has 2 heterocycles. The number of aryl methyl sites for hydroxylation is 1. The second-order valence-corrected chi connectivity index (χ2v) is 8.86. The fraction of sp³-hybridized carbons (Fsp3) is 0.222. The number of carbonyl (C=O) groups is 2. The number of benzene rings is 2. The molecule has 2 N–H and O–H groups in total. The molecule has 0 bridgehead atoms. The molecule has 0 aliphatic rings. The van der Waals surface area contributed by atoms with E-state index in [1.54, 1.807) is 37.3 Å². The van der Waals surface area contributed by atoms with Crippen molar-refractivity contribution in [2.45, 2.75) is 38.6 Å². The first-order valence-electron chi connectivity index (χ1n) is 11.5. The normalized spacial score (nSPS) is 11.9. The van der Waals surface area contributed by atoms with E-state index in [0.29, 0.717) is 52.3 Å². The Morgan fingerprint density at radius 3 is 2.50 bits per heavy atom. The zero-order valence-electron chi connectivity index (χ0n) is 19.5. The molecule has 9 heteroatoms. The number of rotatable bonds is 9. The van der Waals surface area contributed by atoms with Crippen molar-refractivity contribution in [1.29, 1.82) is 0 Å². The number of halogens is 2. The summed E-state index contributed by atoms with van der Waals surface area (Å²) >= 11 is 6.04. The van der Waals surface area contributed by atoms with Crippen LogP contribution in [0.25, 0.3) is 22.3 Å². The second kappa shape index (κ2) is 11.2. The van der Waals surface area contributed by atoms with Gasteiger partial charge in [0.25, 0.3) is 5.91 Å². The fourth-order valence-electron chi connectivity index (χ4n) is 3.81. The molecular weight excluding hydrogens is 483 g/mol. The maximum Gasteiger partial charge on any atom is 0.303 e. The van der Waals surface area contributed by atoms with Crippen LogP contribution in [-0.2, 0) is 11.2 Å². The zero-order valence-corrected chi connectivity index (χ0v) is 20.3. The lowest BCUT2D eigenvalue weighted by Gasteiger charge is -2.14. The first kappa shape index (κ1) is 25.2. The fourth-order valence-corrected chi connectivity index (χ4v) is 3.94. The number of nitrogens with one attached hydrogen (secondary N) is 1. The lowest BCUT2D eigenvalue weighted by molar-refractivity contribution is -0.137. The summed E-state index contributed by atoms with van der Waals surface area (Å²) in [6.45, 7) is 1.77. The lowest BCUT2D eigenvalue weighted by atomic mass is 10.0. The van der Waals surface area contributed by atoms with Crippen LogP contribution < -0.4 is 5.32 Å². The number of hydrogen-bond donors (Lipinski definition) is 2. The van der Waals surface area contributed by atoms with Gasteiger partial charge < -0.3 is 10.4 Å². The topological polar surface area (TPSA) is 105 Å². The van der Waals surface area contributed by atoms with Gasteiger partial charge in [-0.25, -0.2) is 14.4 Å². The molecule has 7 nitrogen and oxygen atoms in total. The Hall–Kier alpha value is -3.91. The van der Waals surface area contributed by atoms with E-state index in [2.05, 4.69) is 10.3 Å². The number of pyridine rings is 1. The summed E-state index contributed by atoms with van der Waals surface area (Å²) in [6.07, 6.45) is 2.89. The molecule has 1 atom stereocenters. The highest BCUT2D eigenvalue weighted by Crippen LogP contribution is 2.27. The van der Waals surface area contributed by atoms with Gasteiger partial charge in [0.15, 0.2) is 0 Å². The number of carboxylic acids is 1.